The molecule has 8 nitrogen and oxygen atoms in total. The molecule has 0 saturated carbocycles. The van der Waals surface area contributed by atoms with Gasteiger partial charge in [-0.15, -0.1) is 0 Å². The van der Waals surface area contributed by atoms with Crippen LogP contribution in [0.5, 0.6) is 11.6 Å². The van der Waals surface area contributed by atoms with Gasteiger partial charge in [-0.2, -0.15) is 0 Å². The number of hydrogen-bond acceptors (Lipinski definition) is 6. The van der Waals surface area contributed by atoms with Gasteiger partial charge in [-0.05, 0) is 24.1 Å². The first-order valence-electron chi connectivity index (χ1n) is 7.31. The van der Waals surface area contributed by atoms with Gasteiger partial charge in [0.05, 0.1) is 18.1 Å². The predicted octanol–water partition coefficient (Wildman–Crippen LogP) is 1.28. The first-order valence-corrected chi connectivity index (χ1v) is 7.31. The summed E-state index contributed by atoms with van der Waals surface area (Å²) in [5.41, 5.74) is 1.32. The zero-order valence-electron chi connectivity index (χ0n) is 12.8. The zero-order chi connectivity index (χ0) is 17.1. The number of urea groups is 1. The molecular weight excluding hydrogens is 312 g/mol. The van der Waals surface area contributed by atoms with Crippen LogP contribution < -0.4 is 15.4 Å². The van der Waals surface area contributed by atoms with Crippen molar-refractivity contribution in [1.82, 2.24) is 20.6 Å². The Morgan fingerprint density at radius 3 is 2.21 bits per heavy atom. The minimum atomic E-state index is -1.07. The van der Waals surface area contributed by atoms with Crippen LogP contribution in [0.2, 0.25) is 0 Å². The Bertz CT molecular complexity index is 767. The third kappa shape index (κ3) is 3.22. The molecule has 2 heterocycles. The number of rotatable bonds is 4. The highest BCUT2D eigenvalue weighted by Gasteiger charge is 2.35. The number of aryl methyl sites for hydroxylation is 1. The molecule has 1 aliphatic heterocycles. The van der Waals surface area contributed by atoms with Crippen molar-refractivity contribution >= 4 is 17.8 Å². The summed E-state index contributed by atoms with van der Waals surface area (Å²) in [5, 5.41) is 4.13. The van der Waals surface area contributed by atoms with E-state index < -0.39 is 23.8 Å². The molecule has 1 aromatic carbocycles. The van der Waals surface area contributed by atoms with E-state index in [1.165, 1.54) is 6.20 Å². The summed E-state index contributed by atoms with van der Waals surface area (Å²) in [5.74, 6) is -1.54. The lowest BCUT2D eigenvalue weighted by molar-refractivity contribution is -0.132. The highest BCUT2D eigenvalue weighted by atomic mass is 16.5. The van der Waals surface area contributed by atoms with Crippen molar-refractivity contribution in [2.45, 2.75) is 19.3 Å². The maximum absolute atomic E-state index is 11.8. The second-order valence-corrected chi connectivity index (χ2v) is 5.11. The van der Waals surface area contributed by atoms with E-state index in [0.717, 1.165) is 12.1 Å². The first kappa shape index (κ1) is 15.6. The number of nitrogens with zero attached hydrogens (tertiary/aromatic N) is 2. The Kier molecular flexibility index (Phi) is 4.19. The van der Waals surface area contributed by atoms with Crippen LogP contribution in [0.3, 0.4) is 0 Å². The average molecular weight is 326 g/mol. The highest BCUT2D eigenvalue weighted by Crippen LogP contribution is 2.24. The summed E-state index contributed by atoms with van der Waals surface area (Å²) in [6, 6.07) is 5.59. The van der Waals surface area contributed by atoms with Gasteiger partial charge in [-0.1, -0.05) is 19.1 Å². The fourth-order valence-corrected chi connectivity index (χ4v) is 2.25. The van der Waals surface area contributed by atoms with E-state index in [1.807, 2.05) is 6.92 Å². The SMILES string of the molecule is CCc1cnc(Oc2ccc(C3C(=O)NC(=O)NC3=O)cc2)cn1. The summed E-state index contributed by atoms with van der Waals surface area (Å²) in [6.45, 7) is 1.98. The Morgan fingerprint density at radius 1 is 1.00 bits per heavy atom. The third-order valence-corrected chi connectivity index (χ3v) is 3.48. The molecule has 0 spiro atoms. The number of carbonyl (C=O) groups is 3. The summed E-state index contributed by atoms with van der Waals surface area (Å²) >= 11 is 0. The lowest BCUT2D eigenvalue weighted by atomic mass is 9.96. The van der Waals surface area contributed by atoms with Crippen molar-refractivity contribution in [2.75, 3.05) is 0 Å². The van der Waals surface area contributed by atoms with Crippen LogP contribution in [0.25, 0.3) is 0 Å². The molecule has 1 saturated heterocycles. The van der Waals surface area contributed by atoms with E-state index in [0.29, 0.717) is 17.2 Å². The molecule has 2 N–H and O–H groups in total. The number of aromatic nitrogens is 2. The maximum atomic E-state index is 11.8. The molecule has 1 fully saturated rings. The number of barbiturate groups is 1. The van der Waals surface area contributed by atoms with Crippen LogP contribution >= 0.6 is 0 Å². The van der Waals surface area contributed by atoms with Crippen molar-refractivity contribution in [1.29, 1.82) is 0 Å². The molecule has 0 atom stereocenters. The molecule has 8 heteroatoms. The number of hydrogen-bond donors (Lipinski definition) is 2. The van der Waals surface area contributed by atoms with E-state index in [4.69, 9.17) is 4.74 Å². The molecule has 1 aliphatic rings. The smallest absolute Gasteiger partial charge is 0.328 e. The van der Waals surface area contributed by atoms with Gasteiger partial charge in [0, 0.05) is 0 Å². The van der Waals surface area contributed by atoms with E-state index in [1.54, 1.807) is 30.5 Å². The van der Waals surface area contributed by atoms with Gasteiger partial charge in [0.25, 0.3) is 0 Å². The molecule has 0 aliphatic carbocycles. The monoisotopic (exact) mass is 326 g/mol. The molecule has 0 bridgehead atoms. The molecule has 4 amide bonds. The number of ether oxygens (including phenoxy) is 1. The summed E-state index contributed by atoms with van der Waals surface area (Å²) in [6.07, 6.45) is 3.95. The van der Waals surface area contributed by atoms with Gasteiger partial charge < -0.3 is 4.74 Å². The van der Waals surface area contributed by atoms with Crippen LogP contribution in [0, 0.1) is 0 Å². The first-order chi connectivity index (χ1) is 11.6. The largest absolute Gasteiger partial charge is 0.438 e. The topological polar surface area (TPSA) is 110 Å². The minimum absolute atomic E-state index is 0.346. The molecule has 3 rings (SSSR count). The summed E-state index contributed by atoms with van der Waals surface area (Å²) in [4.78, 5) is 43.0. The van der Waals surface area contributed by atoms with Crippen LogP contribution in [-0.2, 0) is 16.0 Å². The fraction of sp³-hybridized carbons (Fsp3) is 0.188. The molecule has 2 aromatic rings. The quantitative estimate of drug-likeness (QED) is 0.819. The molecule has 0 radical (unpaired) electrons. The summed E-state index contributed by atoms with van der Waals surface area (Å²) in [7, 11) is 0. The van der Waals surface area contributed by atoms with Crippen LogP contribution in [0.15, 0.2) is 36.7 Å². The van der Waals surface area contributed by atoms with E-state index in [9.17, 15) is 14.4 Å². The van der Waals surface area contributed by atoms with Crippen molar-refractivity contribution < 1.29 is 19.1 Å². The lowest BCUT2D eigenvalue weighted by Gasteiger charge is -2.20. The Morgan fingerprint density at radius 2 is 1.67 bits per heavy atom. The summed E-state index contributed by atoms with van der Waals surface area (Å²) < 4.78 is 5.56. The molecule has 24 heavy (non-hydrogen) atoms. The van der Waals surface area contributed by atoms with E-state index in [-0.39, 0.29) is 0 Å². The van der Waals surface area contributed by atoms with E-state index in [2.05, 4.69) is 20.6 Å². The van der Waals surface area contributed by atoms with Crippen LogP contribution in [0.4, 0.5) is 4.79 Å². The van der Waals surface area contributed by atoms with Gasteiger partial charge in [-0.3, -0.25) is 25.2 Å². The second kappa shape index (κ2) is 6.45. The number of carbonyl (C=O) groups excluding carboxylic acids is 3. The van der Waals surface area contributed by atoms with Gasteiger partial charge in [-0.25, -0.2) is 9.78 Å². The normalized spacial score (nSPS) is 15.0. The van der Waals surface area contributed by atoms with Crippen molar-refractivity contribution in [2.24, 2.45) is 0 Å². The number of amides is 4. The Labute approximate surface area is 137 Å². The third-order valence-electron chi connectivity index (χ3n) is 3.48. The second-order valence-electron chi connectivity index (χ2n) is 5.11. The Balaban J connectivity index is 1.74. The molecule has 1 aromatic heterocycles. The molecule has 0 unspecified atom stereocenters. The average Bonchev–Trinajstić information content (AvgIpc) is 2.56. The number of benzene rings is 1. The van der Waals surface area contributed by atoms with Gasteiger partial charge in [0.15, 0.2) is 0 Å². The van der Waals surface area contributed by atoms with Gasteiger partial charge in [0.1, 0.15) is 11.7 Å². The fourth-order valence-electron chi connectivity index (χ4n) is 2.25. The van der Waals surface area contributed by atoms with Crippen molar-refractivity contribution in [3.8, 4) is 11.6 Å². The van der Waals surface area contributed by atoms with Gasteiger partial charge in [0.2, 0.25) is 17.7 Å². The maximum Gasteiger partial charge on any atom is 0.328 e. The van der Waals surface area contributed by atoms with Crippen molar-refractivity contribution in [3.05, 3.63) is 47.9 Å². The minimum Gasteiger partial charge on any atom is -0.438 e. The lowest BCUT2D eigenvalue weighted by Crippen LogP contribution is -2.54. The number of imide groups is 2. The standard InChI is InChI=1S/C16H14N4O4/c1-2-10-7-18-12(8-17-10)24-11-5-3-9(4-6-11)13-14(21)19-16(23)20-15(13)22/h3-8,13H,2H2,1H3,(H2,19,20,21,22,23). The molecular formula is C16H14N4O4. The van der Waals surface area contributed by atoms with Crippen LogP contribution in [0.1, 0.15) is 24.1 Å². The molecule has 122 valence electrons. The zero-order valence-corrected chi connectivity index (χ0v) is 12.8. The van der Waals surface area contributed by atoms with Crippen LogP contribution in [-0.4, -0.2) is 27.8 Å². The predicted molar refractivity (Wildman–Crippen MR) is 82.3 cm³/mol. The Hall–Kier alpha value is -3.29. The van der Waals surface area contributed by atoms with Crippen molar-refractivity contribution in [3.63, 3.8) is 0 Å². The van der Waals surface area contributed by atoms with Gasteiger partial charge >= 0.3 is 6.03 Å². The number of nitrogens with one attached hydrogen (secondary N) is 2. The van der Waals surface area contributed by atoms with E-state index >= 15 is 0 Å². The highest BCUT2D eigenvalue weighted by molar-refractivity contribution is 6.19.